The van der Waals surface area contributed by atoms with Crippen LogP contribution >= 0.6 is 0 Å². The Bertz CT molecular complexity index is 1010. The molecule has 35 heavy (non-hydrogen) atoms. The van der Waals surface area contributed by atoms with Crippen molar-refractivity contribution in [2.45, 2.75) is 111 Å². The molecule has 2 N–H and O–H groups in total. The predicted molar refractivity (Wildman–Crippen MR) is 134 cm³/mol. The molecule has 5 aliphatic rings. The molecule has 0 aromatic carbocycles. The number of rotatable bonds is 2. The van der Waals surface area contributed by atoms with E-state index in [1.165, 1.54) is 5.57 Å². The maximum Gasteiger partial charge on any atom is 0.145 e. The van der Waals surface area contributed by atoms with E-state index in [1.807, 2.05) is 13.0 Å². The maximum absolute atomic E-state index is 14.3. The number of hydrogen-bond acceptors (Lipinski definition) is 5. The minimum Gasteiger partial charge on any atom is -0.392 e. The molecule has 10 atom stereocenters. The van der Waals surface area contributed by atoms with Gasteiger partial charge in [-0.05, 0) is 73.8 Å². The summed E-state index contributed by atoms with van der Waals surface area (Å²) in [6.45, 7) is 14.7. The molecule has 1 saturated heterocycles. The van der Waals surface area contributed by atoms with Crippen molar-refractivity contribution in [1.29, 1.82) is 0 Å². The Kier molecular flexibility index (Phi) is 5.51. The number of aldehydes is 1. The summed E-state index contributed by atoms with van der Waals surface area (Å²) in [5.41, 5.74) is -0.425. The molecule has 0 bridgehead atoms. The van der Waals surface area contributed by atoms with Gasteiger partial charge in [0.2, 0.25) is 0 Å². The van der Waals surface area contributed by atoms with Crippen LogP contribution in [-0.2, 0) is 14.3 Å². The molecular weight excluding hydrogens is 440 g/mol. The number of carbonyl (C=O) groups is 2. The van der Waals surface area contributed by atoms with Crippen LogP contribution in [0.15, 0.2) is 23.3 Å². The van der Waals surface area contributed by atoms with Crippen molar-refractivity contribution in [2.24, 2.45) is 39.4 Å². The van der Waals surface area contributed by atoms with Gasteiger partial charge in [-0.1, -0.05) is 46.3 Å². The lowest BCUT2D eigenvalue weighted by Crippen LogP contribution is -2.64. The van der Waals surface area contributed by atoms with Gasteiger partial charge >= 0.3 is 0 Å². The van der Waals surface area contributed by atoms with Crippen LogP contribution < -0.4 is 0 Å². The molecule has 5 nitrogen and oxygen atoms in total. The summed E-state index contributed by atoms with van der Waals surface area (Å²) in [5, 5.41) is 22.6. The first-order valence-corrected chi connectivity index (χ1v) is 13.6. The van der Waals surface area contributed by atoms with E-state index in [1.54, 1.807) is 6.92 Å². The summed E-state index contributed by atoms with van der Waals surface area (Å²) in [6, 6.07) is 0. The second-order valence-corrected chi connectivity index (χ2v) is 14.0. The number of Topliss-reactive ketones (excluding diaryl/α,β-unsaturated/α-hetero) is 1. The lowest BCUT2D eigenvalue weighted by atomic mass is 9.38. The number of aliphatic hydroxyl groups excluding tert-OH is 1. The van der Waals surface area contributed by atoms with Gasteiger partial charge in [0.05, 0.1) is 23.9 Å². The molecule has 0 amide bonds. The first kappa shape index (κ1) is 25.4. The van der Waals surface area contributed by atoms with Gasteiger partial charge in [0.15, 0.2) is 0 Å². The van der Waals surface area contributed by atoms with Crippen LogP contribution in [0.25, 0.3) is 0 Å². The fraction of sp³-hybridized carbons (Fsp3) is 0.800. The highest BCUT2D eigenvalue weighted by atomic mass is 16.5. The quantitative estimate of drug-likeness (QED) is 0.334. The zero-order chi connectivity index (χ0) is 25.8. The Labute approximate surface area is 210 Å². The van der Waals surface area contributed by atoms with E-state index < -0.39 is 11.0 Å². The highest BCUT2D eigenvalue weighted by molar-refractivity contribution is 5.88. The van der Waals surface area contributed by atoms with E-state index in [9.17, 15) is 19.8 Å². The molecular formula is C30H44O5. The lowest BCUT2D eigenvalue weighted by Gasteiger charge is -2.65. The van der Waals surface area contributed by atoms with E-state index in [0.29, 0.717) is 24.2 Å². The molecule has 0 spiro atoms. The zero-order valence-corrected chi connectivity index (χ0v) is 22.6. The number of ketones is 1. The summed E-state index contributed by atoms with van der Waals surface area (Å²) in [5.74, 6) is 0.505. The normalized spacial score (nSPS) is 53.1. The second kappa shape index (κ2) is 7.61. The van der Waals surface area contributed by atoms with Gasteiger partial charge in [0, 0.05) is 29.6 Å². The Morgan fingerprint density at radius 1 is 1.09 bits per heavy atom. The van der Waals surface area contributed by atoms with Crippen LogP contribution in [0.5, 0.6) is 0 Å². The molecule has 3 saturated carbocycles. The molecule has 1 heterocycles. The number of allylic oxidation sites excluding steroid dienone is 2. The van der Waals surface area contributed by atoms with Gasteiger partial charge in [-0.25, -0.2) is 0 Å². The van der Waals surface area contributed by atoms with Crippen molar-refractivity contribution in [2.75, 3.05) is 0 Å². The summed E-state index contributed by atoms with van der Waals surface area (Å²) in [4.78, 5) is 25.5. The van der Waals surface area contributed by atoms with Crippen molar-refractivity contribution in [3.8, 4) is 0 Å². The summed E-state index contributed by atoms with van der Waals surface area (Å²) < 4.78 is 6.59. The van der Waals surface area contributed by atoms with E-state index >= 15 is 0 Å². The molecule has 4 fully saturated rings. The van der Waals surface area contributed by atoms with Gasteiger partial charge in [-0.2, -0.15) is 0 Å². The highest BCUT2D eigenvalue weighted by Gasteiger charge is 2.74. The second-order valence-electron chi connectivity index (χ2n) is 14.0. The molecule has 194 valence electrons. The van der Waals surface area contributed by atoms with Crippen molar-refractivity contribution < 1.29 is 24.5 Å². The fourth-order valence-electron chi connectivity index (χ4n) is 9.92. The van der Waals surface area contributed by atoms with Gasteiger partial charge < -0.3 is 14.9 Å². The van der Waals surface area contributed by atoms with Crippen LogP contribution in [0.1, 0.15) is 87.0 Å². The monoisotopic (exact) mass is 484 g/mol. The predicted octanol–water partition coefficient (Wildman–Crippen LogP) is 4.80. The molecule has 0 unspecified atom stereocenters. The van der Waals surface area contributed by atoms with E-state index in [4.69, 9.17) is 4.74 Å². The molecule has 5 heteroatoms. The smallest absolute Gasteiger partial charge is 0.145 e. The Morgan fingerprint density at radius 3 is 2.43 bits per heavy atom. The van der Waals surface area contributed by atoms with E-state index in [0.717, 1.165) is 32.0 Å². The first-order valence-electron chi connectivity index (χ1n) is 13.6. The summed E-state index contributed by atoms with van der Waals surface area (Å²) in [7, 11) is 0. The van der Waals surface area contributed by atoms with Gasteiger partial charge in [0.25, 0.3) is 0 Å². The third kappa shape index (κ3) is 3.16. The number of carbonyl (C=O) groups excluding carboxylic acids is 2. The van der Waals surface area contributed by atoms with Crippen molar-refractivity contribution in [3.05, 3.63) is 23.3 Å². The molecule has 1 aliphatic heterocycles. The average molecular weight is 485 g/mol. The zero-order valence-electron chi connectivity index (χ0n) is 22.6. The average Bonchev–Trinajstić information content (AvgIpc) is 2.97. The summed E-state index contributed by atoms with van der Waals surface area (Å²) in [6.07, 6.45) is 8.29. The molecule has 4 aliphatic carbocycles. The Hall–Kier alpha value is -1.30. The van der Waals surface area contributed by atoms with Crippen molar-refractivity contribution in [3.63, 3.8) is 0 Å². The molecule has 0 aromatic rings. The fourth-order valence-corrected chi connectivity index (χ4v) is 9.92. The SMILES string of the molecule is C/C(C=O)=C\[C@H]1C[C@](C)(O)[C@H]2[C@@H](C[C@@]3(C)[C@@H]4CC=C5[C@@H](CC[C@H](O)C5(C)C)[C@]4(C)C(=O)C[C@]23C)O1. The largest absolute Gasteiger partial charge is 0.392 e. The topological polar surface area (TPSA) is 83.8 Å². The van der Waals surface area contributed by atoms with Crippen molar-refractivity contribution >= 4 is 12.1 Å². The van der Waals surface area contributed by atoms with Crippen LogP contribution in [0.3, 0.4) is 0 Å². The van der Waals surface area contributed by atoms with Crippen LogP contribution in [-0.4, -0.2) is 46.2 Å². The maximum atomic E-state index is 14.3. The van der Waals surface area contributed by atoms with Crippen LogP contribution in [0.4, 0.5) is 0 Å². The van der Waals surface area contributed by atoms with E-state index in [-0.39, 0.29) is 52.3 Å². The standard InChI is InChI=1S/C30H44O5/c1-17(16-31)12-18-13-29(6,34)25-21(35-18)14-27(4)22-10-8-19-20(9-11-23(32)26(19,2)3)30(22,7)24(33)15-28(25,27)5/h8,12,16,18,20-23,25,32,34H,9-11,13-15H2,1-7H3/b17-12+/t18-,20+,21+,22-,23-,25-,27-,28+,29-,30-/m0/s1. The number of ether oxygens (including phenoxy) is 1. The third-order valence-corrected chi connectivity index (χ3v) is 11.9. The van der Waals surface area contributed by atoms with E-state index in [2.05, 4.69) is 40.7 Å². The lowest BCUT2D eigenvalue weighted by molar-refractivity contribution is -0.200. The first-order chi connectivity index (χ1) is 16.1. The summed E-state index contributed by atoms with van der Waals surface area (Å²) >= 11 is 0. The minimum absolute atomic E-state index is 0.135. The van der Waals surface area contributed by atoms with Gasteiger partial charge in [0.1, 0.15) is 12.1 Å². The van der Waals surface area contributed by atoms with Crippen LogP contribution in [0, 0.1) is 39.4 Å². The van der Waals surface area contributed by atoms with Gasteiger partial charge in [-0.15, -0.1) is 0 Å². The minimum atomic E-state index is -0.986. The van der Waals surface area contributed by atoms with Crippen LogP contribution in [0.2, 0.25) is 0 Å². The van der Waals surface area contributed by atoms with Gasteiger partial charge in [-0.3, -0.25) is 9.59 Å². The Balaban J connectivity index is 1.58. The number of fused-ring (bicyclic) bond motifs is 7. The Morgan fingerprint density at radius 2 is 1.77 bits per heavy atom. The molecule has 5 rings (SSSR count). The molecule has 0 aromatic heterocycles. The highest BCUT2D eigenvalue weighted by Crippen LogP contribution is 2.75. The third-order valence-electron chi connectivity index (χ3n) is 11.9. The number of hydrogen-bond donors (Lipinski definition) is 2. The molecule has 0 radical (unpaired) electrons. The van der Waals surface area contributed by atoms with Crippen molar-refractivity contribution in [1.82, 2.24) is 0 Å². The number of aliphatic hydroxyl groups is 2.